The first-order chi connectivity index (χ1) is 9.90. The number of nitrogens with zero attached hydrogens (tertiary/aromatic N) is 2. The summed E-state index contributed by atoms with van der Waals surface area (Å²) in [7, 11) is 0. The van der Waals surface area contributed by atoms with E-state index in [-0.39, 0.29) is 5.91 Å². The average Bonchev–Trinajstić information content (AvgIpc) is 2.92. The number of nitrogens with one attached hydrogen (secondary N) is 1. The molecule has 2 aromatic rings. The Morgan fingerprint density at radius 1 is 1.33 bits per heavy atom. The highest BCUT2D eigenvalue weighted by atomic mass is 16.4. The zero-order valence-corrected chi connectivity index (χ0v) is 12.1. The van der Waals surface area contributed by atoms with Gasteiger partial charge in [0.1, 0.15) is 6.04 Å². The van der Waals surface area contributed by atoms with Crippen LogP contribution in [-0.4, -0.2) is 26.8 Å². The van der Waals surface area contributed by atoms with Gasteiger partial charge in [-0.3, -0.25) is 9.48 Å². The first-order valence-electron chi connectivity index (χ1n) is 6.54. The van der Waals surface area contributed by atoms with Crippen molar-refractivity contribution in [2.75, 3.05) is 5.32 Å². The molecule has 2 N–H and O–H groups in total. The Morgan fingerprint density at radius 2 is 2.05 bits per heavy atom. The van der Waals surface area contributed by atoms with Crippen LogP contribution in [0.15, 0.2) is 30.6 Å². The summed E-state index contributed by atoms with van der Waals surface area (Å²) in [5.41, 5.74) is 3.14. The number of carbonyl (C=O) groups is 2. The monoisotopic (exact) mass is 287 g/mol. The molecule has 0 aliphatic heterocycles. The lowest BCUT2D eigenvalue weighted by Gasteiger charge is -2.09. The minimum Gasteiger partial charge on any atom is -0.480 e. The highest BCUT2D eigenvalue weighted by molar-refractivity contribution is 6.04. The lowest BCUT2D eigenvalue weighted by molar-refractivity contribution is -0.140. The van der Waals surface area contributed by atoms with Gasteiger partial charge in [0.05, 0.1) is 11.8 Å². The van der Waals surface area contributed by atoms with Crippen molar-refractivity contribution in [1.29, 1.82) is 0 Å². The number of carboxylic acids is 1. The van der Waals surface area contributed by atoms with Gasteiger partial charge in [-0.25, -0.2) is 4.79 Å². The predicted molar refractivity (Wildman–Crippen MR) is 78.4 cm³/mol. The van der Waals surface area contributed by atoms with Gasteiger partial charge in [0.25, 0.3) is 5.91 Å². The molecular weight excluding hydrogens is 270 g/mol. The molecule has 6 nitrogen and oxygen atoms in total. The quantitative estimate of drug-likeness (QED) is 0.904. The van der Waals surface area contributed by atoms with Crippen LogP contribution >= 0.6 is 0 Å². The van der Waals surface area contributed by atoms with Gasteiger partial charge in [0, 0.05) is 11.9 Å². The second-order valence-electron chi connectivity index (χ2n) is 4.92. The van der Waals surface area contributed by atoms with E-state index in [1.54, 1.807) is 0 Å². The van der Waals surface area contributed by atoms with E-state index < -0.39 is 12.0 Å². The van der Waals surface area contributed by atoms with Gasteiger partial charge in [-0.15, -0.1) is 0 Å². The maximum atomic E-state index is 12.2. The molecule has 0 saturated carbocycles. The normalized spacial score (nSPS) is 12.0. The van der Waals surface area contributed by atoms with Crippen molar-refractivity contribution in [3.05, 3.63) is 47.3 Å². The number of rotatable bonds is 4. The van der Waals surface area contributed by atoms with Crippen molar-refractivity contribution in [3.8, 4) is 0 Å². The summed E-state index contributed by atoms with van der Waals surface area (Å²) < 4.78 is 1.25. The molecule has 0 fully saturated rings. The Morgan fingerprint density at radius 3 is 2.71 bits per heavy atom. The molecule has 2 rings (SSSR count). The lowest BCUT2D eigenvalue weighted by Crippen LogP contribution is -2.16. The lowest BCUT2D eigenvalue weighted by atomic mass is 10.1. The third kappa shape index (κ3) is 3.10. The standard InChI is InChI=1S/C15H17N3O3/c1-9-5-4-6-13(10(9)2)17-14(19)12-7-16-18(8-12)11(3)15(20)21/h4-8,11H,1-3H3,(H,17,19)(H,20,21). The summed E-state index contributed by atoms with van der Waals surface area (Å²) in [5.74, 6) is -1.31. The number of amides is 1. The second-order valence-corrected chi connectivity index (χ2v) is 4.92. The van der Waals surface area contributed by atoms with Crippen molar-refractivity contribution < 1.29 is 14.7 Å². The van der Waals surface area contributed by atoms with Crippen LogP contribution in [-0.2, 0) is 4.79 Å². The van der Waals surface area contributed by atoms with Crippen LogP contribution in [0.2, 0.25) is 0 Å². The molecular formula is C15H17N3O3. The maximum Gasteiger partial charge on any atom is 0.328 e. The van der Waals surface area contributed by atoms with E-state index in [4.69, 9.17) is 5.11 Å². The highest BCUT2D eigenvalue weighted by Crippen LogP contribution is 2.19. The maximum absolute atomic E-state index is 12.2. The number of benzene rings is 1. The third-order valence-corrected chi connectivity index (χ3v) is 3.47. The highest BCUT2D eigenvalue weighted by Gasteiger charge is 2.17. The molecule has 6 heteroatoms. The number of hydrogen-bond acceptors (Lipinski definition) is 3. The zero-order valence-electron chi connectivity index (χ0n) is 12.1. The van der Waals surface area contributed by atoms with Crippen LogP contribution in [0.25, 0.3) is 0 Å². The molecule has 1 atom stereocenters. The Bertz CT molecular complexity index is 691. The van der Waals surface area contributed by atoms with Gasteiger partial charge >= 0.3 is 5.97 Å². The largest absolute Gasteiger partial charge is 0.480 e. The van der Waals surface area contributed by atoms with E-state index in [1.165, 1.54) is 24.0 Å². The summed E-state index contributed by atoms with van der Waals surface area (Å²) in [4.78, 5) is 23.1. The third-order valence-electron chi connectivity index (χ3n) is 3.47. The fraction of sp³-hybridized carbons (Fsp3) is 0.267. The topological polar surface area (TPSA) is 84.2 Å². The van der Waals surface area contributed by atoms with E-state index in [9.17, 15) is 9.59 Å². The van der Waals surface area contributed by atoms with Crippen LogP contribution in [0, 0.1) is 13.8 Å². The van der Waals surface area contributed by atoms with Crippen molar-refractivity contribution in [2.45, 2.75) is 26.8 Å². The van der Waals surface area contributed by atoms with Crippen molar-refractivity contribution in [2.24, 2.45) is 0 Å². The first-order valence-corrected chi connectivity index (χ1v) is 6.54. The number of carbonyl (C=O) groups excluding carboxylic acids is 1. The molecule has 0 spiro atoms. The van der Waals surface area contributed by atoms with E-state index >= 15 is 0 Å². The van der Waals surface area contributed by atoms with Crippen molar-refractivity contribution in [3.63, 3.8) is 0 Å². The van der Waals surface area contributed by atoms with E-state index in [0.717, 1.165) is 16.8 Å². The molecule has 0 aliphatic rings. The van der Waals surface area contributed by atoms with E-state index in [1.807, 2.05) is 32.0 Å². The Balaban J connectivity index is 2.18. The summed E-state index contributed by atoms with van der Waals surface area (Å²) in [6, 6.07) is 4.85. The average molecular weight is 287 g/mol. The smallest absolute Gasteiger partial charge is 0.328 e. The molecule has 1 aromatic carbocycles. The molecule has 1 amide bonds. The number of aliphatic carboxylic acids is 1. The van der Waals surface area contributed by atoms with Gasteiger partial charge < -0.3 is 10.4 Å². The molecule has 0 radical (unpaired) electrons. The van der Waals surface area contributed by atoms with Crippen LogP contribution in [0.5, 0.6) is 0 Å². The van der Waals surface area contributed by atoms with Gasteiger partial charge in [-0.2, -0.15) is 5.10 Å². The Hall–Kier alpha value is -2.63. The number of hydrogen-bond donors (Lipinski definition) is 2. The first kappa shape index (κ1) is 14.8. The molecule has 0 aliphatic carbocycles. The Labute approximate surface area is 122 Å². The SMILES string of the molecule is Cc1cccc(NC(=O)c2cnn(C(C)C(=O)O)c2)c1C. The van der Waals surface area contributed by atoms with Crippen molar-refractivity contribution >= 4 is 17.6 Å². The molecule has 1 heterocycles. The number of carboxylic acid groups (broad SMARTS) is 1. The summed E-state index contributed by atoms with van der Waals surface area (Å²) >= 11 is 0. The van der Waals surface area contributed by atoms with Crippen LogP contribution in [0.3, 0.4) is 0 Å². The molecule has 1 aromatic heterocycles. The molecule has 0 saturated heterocycles. The van der Waals surface area contributed by atoms with Crippen molar-refractivity contribution in [1.82, 2.24) is 9.78 Å². The summed E-state index contributed by atoms with van der Waals surface area (Å²) in [6.07, 6.45) is 2.79. The minimum atomic E-state index is -1.00. The predicted octanol–water partition coefficient (Wildman–Crippen LogP) is 2.40. The van der Waals surface area contributed by atoms with Gasteiger partial charge in [0.2, 0.25) is 0 Å². The molecule has 110 valence electrons. The van der Waals surface area contributed by atoms with Crippen LogP contribution in [0.4, 0.5) is 5.69 Å². The number of anilines is 1. The van der Waals surface area contributed by atoms with Crippen LogP contribution in [0.1, 0.15) is 34.5 Å². The van der Waals surface area contributed by atoms with E-state index in [2.05, 4.69) is 10.4 Å². The molecule has 0 bridgehead atoms. The summed E-state index contributed by atoms with van der Waals surface area (Å²) in [5, 5.41) is 15.6. The zero-order chi connectivity index (χ0) is 15.6. The fourth-order valence-electron chi connectivity index (χ4n) is 1.86. The van der Waals surface area contributed by atoms with Crippen LogP contribution < -0.4 is 5.32 Å². The van der Waals surface area contributed by atoms with Gasteiger partial charge in [-0.1, -0.05) is 12.1 Å². The second kappa shape index (κ2) is 5.78. The number of aryl methyl sites for hydroxylation is 1. The van der Waals surface area contributed by atoms with Gasteiger partial charge in [0.15, 0.2) is 0 Å². The molecule has 21 heavy (non-hydrogen) atoms. The fourth-order valence-corrected chi connectivity index (χ4v) is 1.86. The van der Waals surface area contributed by atoms with Gasteiger partial charge in [-0.05, 0) is 38.0 Å². The minimum absolute atomic E-state index is 0.312. The number of aromatic nitrogens is 2. The summed E-state index contributed by atoms with van der Waals surface area (Å²) in [6.45, 7) is 5.40. The van der Waals surface area contributed by atoms with E-state index in [0.29, 0.717) is 5.56 Å². The molecule has 1 unspecified atom stereocenters. The Kier molecular flexibility index (Phi) is 4.07.